The van der Waals surface area contributed by atoms with Crippen LogP contribution in [0.2, 0.25) is 0 Å². The number of hydrogen-bond donors (Lipinski definition) is 1. The number of halogens is 3. The summed E-state index contributed by atoms with van der Waals surface area (Å²) in [6.45, 7) is 3.40. The van der Waals surface area contributed by atoms with Crippen LogP contribution < -0.4 is 10.2 Å². The number of nitrogens with zero attached hydrogens (tertiary/aromatic N) is 6. The summed E-state index contributed by atoms with van der Waals surface area (Å²) in [5.74, 6) is 0.696. The van der Waals surface area contributed by atoms with E-state index in [1.807, 2.05) is 0 Å². The number of pyridine rings is 1. The number of amides is 1. The van der Waals surface area contributed by atoms with Gasteiger partial charge in [-0.1, -0.05) is 6.92 Å². The molecule has 4 heterocycles. The lowest BCUT2D eigenvalue weighted by Crippen LogP contribution is -2.25. The number of aryl methyl sites for hydroxylation is 2. The zero-order chi connectivity index (χ0) is 22.9. The van der Waals surface area contributed by atoms with Crippen LogP contribution in [-0.2, 0) is 12.6 Å². The molecule has 32 heavy (non-hydrogen) atoms. The third kappa shape index (κ3) is 4.19. The average molecular weight is 443 g/mol. The summed E-state index contributed by atoms with van der Waals surface area (Å²) >= 11 is 0. The molecule has 4 aromatic rings. The number of aromatic nitrogens is 6. The quantitative estimate of drug-likeness (QED) is 0.509. The number of alkyl halides is 3. The first-order valence-corrected chi connectivity index (χ1v) is 9.44. The lowest BCUT2D eigenvalue weighted by atomic mass is 10.2. The summed E-state index contributed by atoms with van der Waals surface area (Å²) in [5.41, 5.74) is 2.83. The molecule has 0 fully saturated rings. The van der Waals surface area contributed by atoms with Gasteiger partial charge in [0.15, 0.2) is 17.4 Å². The molecule has 4 aromatic heterocycles. The molecule has 0 unspecified atom stereocenters. The summed E-state index contributed by atoms with van der Waals surface area (Å²) < 4.78 is 45.6. The van der Waals surface area contributed by atoms with Gasteiger partial charge in [0.25, 0.3) is 0 Å². The number of nitrogens with one attached hydrogen (secondary N) is 1. The van der Waals surface area contributed by atoms with Crippen molar-refractivity contribution in [3.8, 4) is 17.4 Å². The van der Waals surface area contributed by atoms with E-state index in [0.29, 0.717) is 29.0 Å². The number of fused-ring (bicyclic) bond motifs is 1. The monoisotopic (exact) mass is 443 g/mol. The van der Waals surface area contributed by atoms with Gasteiger partial charge >= 0.3 is 12.3 Å². The highest BCUT2D eigenvalue weighted by molar-refractivity contribution is 5.85. The van der Waals surface area contributed by atoms with E-state index in [1.54, 1.807) is 32.3 Å². The van der Waals surface area contributed by atoms with E-state index in [0.717, 1.165) is 6.07 Å². The van der Waals surface area contributed by atoms with Crippen molar-refractivity contribution in [2.75, 3.05) is 5.43 Å². The Bertz CT molecular complexity index is 1290. The molecule has 0 saturated heterocycles. The van der Waals surface area contributed by atoms with Crippen LogP contribution in [-0.4, -0.2) is 35.7 Å². The fraction of sp³-hybridized carbons (Fsp3) is 0.200. The minimum absolute atomic E-state index is 0.104. The first-order chi connectivity index (χ1) is 15.3. The second kappa shape index (κ2) is 8.21. The van der Waals surface area contributed by atoms with E-state index in [-0.39, 0.29) is 17.1 Å². The van der Waals surface area contributed by atoms with Crippen molar-refractivity contribution in [1.29, 1.82) is 0 Å². The lowest BCUT2D eigenvalue weighted by Gasteiger charge is -2.10. The molecule has 164 valence electrons. The summed E-state index contributed by atoms with van der Waals surface area (Å²) in [6.07, 6.45) is 0.898. The van der Waals surface area contributed by atoms with Crippen LogP contribution in [0.4, 0.5) is 18.0 Å². The van der Waals surface area contributed by atoms with Gasteiger partial charge in [0.2, 0.25) is 0 Å². The van der Waals surface area contributed by atoms with Crippen molar-refractivity contribution in [2.45, 2.75) is 26.4 Å². The van der Waals surface area contributed by atoms with Crippen LogP contribution in [0.1, 0.15) is 23.9 Å². The third-order valence-electron chi connectivity index (χ3n) is 4.51. The molecular weight excluding hydrogens is 427 g/mol. The number of carbonyl (C=O) groups is 1. The maximum atomic E-state index is 13.0. The highest BCUT2D eigenvalue weighted by Crippen LogP contribution is 2.30. The summed E-state index contributed by atoms with van der Waals surface area (Å²) in [5, 5.41) is 0. The van der Waals surface area contributed by atoms with Gasteiger partial charge in [-0.15, -0.1) is 0 Å². The molecule has 0 aliphatic heterocycles. The molecular formula is C20H16F3N7O2. The van der Waals surface area contributed by atoms with E-state index in [1.165, 1.54) is 23.1 Å². The summed E-state index contributed by atoms with van der Waals surface area (Å²) in [7, 11) is 0. The largest absolute Gasteiger partial charge is 0.433 e. The standard InChI is InChI=1S/C20H16F3N7O2/c1-3-12-10-30(13-5-6-15(20(21,22)23)28-16(12)13)29-19(31)32-14-9-26-18(27-11(14)2)17-24-7-4-8-25-17/h4-10H,3H2,1-2H3,(H,29,31). The topological polar surface area (TPSA) is 108 Å². The van der Waals surface area contributed by atoms with Crippen LogP contribution in [0, 0.1) is 6.92 Å². The van der Waals surface area contributed by atoms with Crippen molar-refractivity contribution >= 4 is 17.1 Å². The zero-order valence-corrected chi connectivity index (χ0v) is 16.9. The first kappa shape index (κ1) is 21.2. The predicted molar refractivity (Wildman–Crippen MR) is 107 cm³/mol. The van der Waals surface area contributed by atoms with Crippen LogP contribution >= 0.6 is 0 Å². The van der Waals surface area contributed by atoms with Gasteiger partial charge in [0.1, 0.15) is 5.69 Å². The predicted octanol–water partition coefficient (Wildman–Crippen LogP) is 3.92. The molecule has 1 amide bonds. The summed E-state index contributed by atoms with van der Waals surface area (Å²) in [6, 6.07) is 3.76. The Morgan fingerprint density at radius 2 is 1.88 bits per heavy atom. The number of rotatable bonds is 4. The van der Waals surface area contributed by atoms with E-state index >= 15 is 0 Å². The van der Waals surface area contributed by atoms with Gasteiger partial charge in [0.05, 0.1) is 22.9 Å². The molecule has 12 heteroatoms. The maximum absolute atomic E-state index is 13.0. The van der Waals surface area contributed by atoms with Gasteiger partial charge in [-0.05, 0) is 37.1 Å². The minimum Gasteiger partial charge on any atom is -0.406 e. The molecule has 0 aliphatic rings. The Kier molecular flexibility index (Phi) is 5.43. The fourth-order valence-electron chi connectivity index (χ4n) is 2.98. The summed E-state index contributed by atoms with van der Waals surface area (Å²) in [4.78, 5) is 32.6. The van der Waals surface area contributed by atoms with Crippen LogP contribution in [0.15, 0.2) is 43.0 Å². The zero-order valence-electron chi connectivity index (χ0n) is 16.9. The SMILES string of the molecule is CCc1cn(NC(=O)Oc2cnc(-c3ncccn3)nc2C)c2ccc(C(F)(F)F)nc12. The van der Waals surface area contributed by atoms with Gasteiger partial charge in [-0.2, -0.15) is 13.2 Å². The number of ether oxygens (including phenoxy) is 1. The van der Waals surface area contributed by atoms with Gasteiger partial charge in [-0.3, -0.25) is 4.68 Å². The van der Waals surface area contributed by atoms with Crippen molar-refractivity contribution in [3.05, 3.63) is 59.9 Å². The van der Waals surface area contributed by atoms with Crippen molar-refractivity contribution < 1.29 is 22.7 Å². The smallest absolute Gasteiger partial charge is 0.406 e. The van der Waals surface area contributed by atoms with E-state index in [4.69, 9.17) is 4.74 Å². The Morgan fingerprint density at radius 1 is 1.12 bits per heavy atom. The van der Waals surface area contributed by atoms with Crippen LogP contribution in [0.3, 0.4) is 0 Å². The molecule has 0 bridgehead atoms. The minimum atomic E-state index is -4.57. The van der Waals surface area contributed by atoms with Gasteiger partial charge in [-0.25, -0.2) is 35.1 Å². The average Bonchev–Trinajstić information content (AvgIpc) is 3.12. The fourth-order valence-corrected chi connectivity index (χ4v) is 2.98. The van der Waals surface area contributed by atoms with Crippen LogP contribution in [0.25, 0.3) is 22.7 Å². The first-order valence-electron chi connectivity index (χ1n) is 9.44. The van der Waals surface area contributed by atoms with Crippen molar-refractivity contribution in [3.63, 3.8) is 0 Å². The third-order valence-corrected chi connectivity index (χ3v) is 4.51. The maximum Gasteiger partial charge on any atom is 0.433 e. The normalized spacial score (nSPS) is 11.5. The Balaban J connectivity index is 1.55. The second-order valence-corrected chi connectivity index (χ2v) is 6.66. The molecule has 0 saturated carbocycles. The Labute approximate surface area is 179 Å². The highest BCUT2D eigenvalue weighted by Gasteiger charge is 2.33. The lowest BCUT2D eigenvalue weighted by molar-refractivity contribution is -0.140. The molecule has 0 aliphatic carbocycles. The second-order valence-electron chi connectivity index (χ2n) is 6.66. The molecule has 9 nitrogen and oxygen atoms in total. The van der Waals surface area contributed by atoms with E-state index in [9.17, 15) is 18.0 Å². The van der Waals surface area contributed by atoms with E-state index < -0.39 is 18.0 Å². The Hall–Kier alpha value is -4.09. The highest BCUT2D eigenvalue weighted by atomic mass is 19.4. The van der Waals surface area contributed by atoms with Crippen molar-refractivity contribution in [1.82, 2.24) is 29.6 Å². The number of carbonyl (C=O) groups excluding carboxylic acids is 1. The molecule has 0 aromatic carbocycles. The number of hydrogen-bond acceptors (Lipinski definition) is 7. The van der Waals surface area contributed by atoms with Gasteiger partial charge in [0, 0.05) is 18.6 Å². The van der Waals surface area contributed by atoms with E-state index in [2.05, 4.69) is 30.3 Å². The Morgan fingerprint density at radius 3 is 2.53 bits per heavy atom. The van der Waals surface area contributed by atoms with Gasteiger partial charge < -0.3 is 4.74 Å². The van der Waals surface area contributed by atoms with Crippen molar-refractivity contribution in [2.24, 2.45) is 0 Å². The molecule has 4 rings (SSSR count). The molecule has 0 radical (unpaired) electrons. The molecule has 0 spiro atoms. The molecule has 1 N–H and O–H groups in total. The molecule has 0 atom stereocenters. The van der Waals surface area contributed by atoms with Crippen LogP contribution in [0.5, 0.6) is 5.75 Å².